The average Bonchev–Trinajstić information content (AvgIpc) is 2.32. The fourth-order valence-corrected chi connectivity index (χ4v) is 2.06. The highest BCUT2D eigenvalue weighted by Gasteiger charge is 2.14. The summed E-state index contributed by atoms with van der Waals surface area (Å²) in [5.74, 6) is 0. The highest BCUT2D eigenvalue weighted by molar-refractivity contribution is 7.80. The van der Waals surface area contributed by atoms with Crippen LogP contribution < -0.4 is 0 Å². The third-order valence-corrected chi connectivity index (χ3v) is 3.23. The second-order valence-electron chi connectivity index (χ2n) is 4.24. The van der Waals surface area contributed by atoms with Gasteiger partial charge in [-0.1, -0.05) is 17.7 Å². The van der Waals surface area contributed by atoms with E-state index in [1.165, 1.54) is 12.0 Å². The molecule has 16 heavy (non-hydrogen) atoms. The minimum atomic E-state index is -0.0259. The van der Waals surface area contributed by atoms with Crippen molar-refractivity contribution in [3.8, 4) is 0 Å². The molecular formula is C13H18O2S. The van der Waals surface area contributed by atoms with Gasteiger partial charge >= 0.3 is 0 Å². The van der Waals surface area contributed by atoms with Crippen molar-refractivity contribution in [2.75, 3.05) is 6.61 Å². The normalized spacial score (nSPS) is 21.0. The van der Waals surface area contributed by atoms with Crippen LogP contribution in [0.1, 0.15) is 30.4 Å². The lowest BCUT2D eigenvalue weighted by atomic mass is 10.1. The monoisotopic (exact) mass is 238 g/mol. The van der Waals surface area contributed by atoms with Crippen molar-refractivity contribution in [1.29, 1.82) is 0 Å². The molecule has 1 aliphatic heterocycles. The largest absolute Gasteiger partial charge is 0.353 e. The molecule has 0 aliphatic carbocycles. The Morgan fingerprint density at radius 2 is 2.31 bits per heavy atom. The van der Waals surface area contributed by atoms with Crippen LogP contribution in [-0.2, 0) is 16.1 Å². The molecule has 2 rings (SSSR count). The van der Waals surface area contributed by atoms with Crippen LogP contribution in [0, 0.1) is 6.92 Å². The summed E-state index contributed by atoms with van der Waals surface area (Å²) in [5.41, 5.74) is 2.37. The Labute approximate surface area is 102 Å². The predicted molar refractivity (Wildman–Crippen MR) is 66.8 cm³/mol. The third kappa shape index (κ3) is 3.24. The summed E-state index contributed by atoms with van der Waals surface area (Å²) in [6.07, 6.45) is 3.34. The summed E-state index contributed by atoms with van der Waals surface area (Å²) in [7, 11) is 0. The zero-order valence-corrected chi connectivity index (χ0v) is 10.5. The van der Waals surface area contributed by atoms with Gasteiger partial charge in [0.25, 0.3) is 0 Å². The first kappa shape index (κ1) is 12.0. The molecule has 1 heterocycles. The van der Waals surface area contributed by atoms with Gasteiger partial charge in [0.2, 0.25) is 0 Å². The van der Waals surface area contributed by atoms with Crippen molar-refractivity contribution in [3.63, 3.8) is 0 Å². The first-order valence-electron chi connectivity index (χ1n) is 5.77. The molecule has 3 heteroatoms. The Hall–Kier alpha value is -0.510. The second-order valence-corrected chi connectivity index (χ2v) is 4.72. The summed E-state index contributed by atoms with van der Waals surface area (Å²) in [6.45, 7) is 3.49. The van der Waals surface area contributed by atoms with Crippen LogP contribution in [0.2, 0.25) is 0 Å². The van der Waals surface area contributed by atoms with Crippen LogP contribution in [0.5, 0.6) is 0 Å². The maximum Gasteiger partial charge on any atom is 0.158 e. The molecule has 0 bridgehead atoms. The highest BCUT2D eigenvalue weighted by Crippen LogP contribution is 2.20. The Balaban J connectivity index is 1.90. The molecule has 0 radical (unpaired) electrons. The zero-order valence-electron chi connectivity index (χ0n) is 9.61. The zero-order chi connectivity index (χ0) is 11.4. The number of aryl methyl sites for hydroxylation is 1. The van der Waals surface area contributed by atoms with Gasteiger partial charge in [-0.25, -0.2) is 0 Å². The number of hydrogen-bond donors (Lipinski definition) is 1. The van der Waals surface area contributed by atoms with E-state index in [1.807, 2.05) is 6.07 Å². The van der Waals surface area contributed by atoms with Crippen molar-refractivity contribution in [2.45, 2.75) is 44.0 Å². The number of ether oxygens (including phenoxy) is 2. The third-order valence-electron chi connectivity index (χ3n) is 2.80. The molecule has 0 aromatic heterocycles. The molecule has 0 N–H and O–H groups in total. The van der Waals surface area contributed by atoms with Crippen LogP contribution in [0.25, 0.3) is 0 Å². The average molecular weight is 238 g/mol. The lowest BCUT2D eigenvalue weighted by Crippen LogP contribution is -2.22. The van der Waals surface area contributed by atoms with E-state index in [4.69, 9.17) is 9.47 Å². The van der Waals surface area contributed by atoms with Crippen molar-refractivity contribution < 1.29 is 9.47 Å². The highest BCUT2D eigenvalue weighted by atomic mass is 32.1. The van der Waals surface area contributed by atoms with E-state index >= 15 is 0 Å². The molecular weight excluding hydrogens is 220 g/mol. The molecule has 0 spiro atoms. The molecule has 1 unspecified atom stereocenters. The Kier molecular flexibility index (Phi) is 4.27. The van der Waals surface area contributed by atoms with Gasteiger partial charge in [-0.05, 0) is 37.8 Å². The van der Waals surface area contributed by atoms with E-state index in [2.05, 4.69) is 31.7 Å². The topological polar surface area (TPSA) is 18.5 Å². The Morgan fingerprint density at radius 1 is 1.44 bits per heavy atom. The van der Waals surface area contributed by atoms with E-state index in [0.717, 1.165) is 29.9 Å². The molecule has 1 fully saturated rings. The number of thiol groups is 1. The lowest BCUT2D eigenvalue weighted by Gasteiger charge is -2.23. The standard InChI is InChI=1S/C13H18O2S/c1-10-5-6-12(16)11(8-10)9-15-13-4-2-3-7-14-13/h5-6,8,13,16H,2-4,7,9H2,1H3. The van der Waals surface area contributed by atoms with Gasteiger partial charge in [0, 0.05) is 11.5 Å². The minimum Gasteiger partial charge on any atom is -0.353 e. The lowest BCUT2D eigenvalue weighted by molar-refractivity contribution is -0.169. The quantitative estimate of drug-likeness (QED) is 0.814. The van der Waals surface area contributed by atoms with Gasteiger partial charge in [0.15, 0.2) is 6.29 Å². The van der Waals surface area contributed by atoms with E-state index in [-0.39, 0.29) is 6.29 Å². The van der Waals surface area contributed by atoms with Gasteiger partial charge in [0.05, 0.1) is 6.61 Å². The first-order chi connectivity index (χ1) is 7.75. The van der Waals surface area contributed by atoms with Gasteiger partial charge in [-0.15, -0.1) is 12.6 Å². The van der Waals surface area contributed by atoms with Gasteiger partial charge in [0.1, 0.15) is 0 Å². The molecule has 1 aliphatic rings. The molecule has 1 aromatic rings. The summed E-state index contributed by atoms with van der Waals surface area (Å²) in [4.78, 5) is 0.987. The van der Waals surface area contributed by atoms with Crippen molar-refractivity contribution in [1.82, 2.24) is 0 Å². The van der Waals surface area contributed by atoms with E-state index in [0.29, 0.717) is 6.61 Å². The molecule has 88 valence electrons. The smallest absolute Gasteiger partial charge is 0.158 e. The fourth-order valence-electron chi connectivity index (χ4n) is 1.86. The maximum absolute atomic E-state index is 5.73. The van der Waals surface area contributed by atoms with Crippen molar-refractivity contribution >= 4 is 12.6 Å². The van der Waals surface area contributed by atoms with Crippen LogP contribution in [0.3, 0.4) is 0 Å². The van der Waals surface area contributed by atoms with E-state index < -0.39 is 0 Å². The summed E-state index contributed by atoms with van der Waals surface area (Å²) in [5, 5.41) is 0. The second kappa shape index (κ2) is 5.71. The molecule has 1 aromatic carbocycles. The van der Waals surface area contributed by atoms with E-state index in [9.17, 15) is 0 Å². The minimum absolute atomic E-state index is 0.0259. The molecule has 0 saturated carbocycles. The number of hydrogen-bond acceptors (Lipinski definition) is 3. The predicted octanol–water partition coefficient (Wildman–Crippen LogP) is 3.33. The van der Waals surface area contributed by atoms with Crippen LogP contribution in [0.15, 0.2) is 23.1 Å². The Bertz CT molecular complexity index is 346. The van der Waals surface area contributed by atoms with E-state index in [1.54, 1.807) is 0 Å². The summed E-state index contributed by atoms with van der Waals surface area (Å²) < 4.78 is 11.3. The van der Waals surface area contributed by atoms with Crippen LogP contribution in [0.4, 0.5) is 0 Å². The SMILES string of the molecule is Cc1ccc(S)c(COC2CCCCO2)c1. The maximum atomic E-state index is 5.73. The Morgan fingerprint density at radius 3 is 3.06 bits per heavy atom. The number of benzene rings is 1. The molecule has 2 nitrogen and oxygen atoms in total. The van der Waals surface area contributed by atoms with Crippen LogP contribution >= 0.6 is 12.6 Å². The fraction of sp³-hybridized carbons (Fsp3) is 0.538. The van der Waals surface area contributed by atoms with Crippen molar-refractivity contribution in [2.24, 2.45) is 0 Å². The molecule has 0 amide bonds. The number of rotatable bonds is 3. The first-order valence-corrected chi connectivity index (χ1v) is 6.22. The van der Waals surface area contributed by atoms with Crippen LogP contribution in [-0.4, -0.2) is 12.9 Å². The molecule has 1 saturated heterocycles. The summed E-state index contributed by atoms with van der Waals surface area (Å²) in [6, 6.07) is 6.19. The molecule has 1 atom stereocenters. The van der Waals surface area contributed by atoms with Gasteiger partial charge < -0.3 is 9.47 Å². The van der Waals surface area contributed by atoms with Gasteiger partial charge in [-0.3, -0.25) is 0 Å². The van der Waals surface area contributed by atoms with Gasteiger partial charge in [-0.2, -0.15) is 0 Å². The summed E-state index contributed by atoms with van der Waals surface area (Å²) >= 11 is 4.42. The van der Waals surface area contributed by atoms with Crippen molar-refractivity contribution in [3.05, 3.63) is 29.3 Å².